The molecule has 1 aliphatic rings. The van der Waals surface area contributed by atoms with Crippen molar-refractivity contribution in [1.82, 2.24) is 15.3 Å². The fourth-order valence-electron chi connectivity index (χ4n) is 3.48. The first-order valence-electron chi connectivity index (χ1n) is 9.18. The molecular weight excluding hydrogens is 388 g/mol. The molecule has 28 heavy (non-hydrogen) atoms. The molecule has 2 heterocycles. The smallest absolute Gasteiger partial charge is 0.189 e. The molecule has 0 fully saturated rings. The van der Waals surface area contributed by atoms with Gasteiger partial charge in [-0.1, -0.05) is 53.6 Å². The van der Waals surface area contributed by atoms with Crippen LogP contribution in [-0.4, -0.2) is 27.9 Å². The molecule has 1 aromatic heterocycles. The molecule has 4 nitrogen and oxygen atoms in total. The molecule has 0 aliphatic carbocycles. The molecule has 0 saturated carbocycles. The number of nitrogens with zero attached hydrogens (tertiary/aromatic N) is 3. The van der Waals surface area contributed by atoms with Crippen molar-refractivity contribution in [3.8, 4) is 0 Å². The van der Waals surface area contributed by atoms with E-state index < -0.39 is 0 Å². The van der Waals surface area contributed by atoms with Crippen molar-refractivity contribution in [3.05, 3.63) is 75.9 Å². The summed E-state index contributed by atoms with van der Waals surface area (Å²) in [5, 5.41) is 11.8. The van der Waals surface area contributed by atoms with Gasteiger partial charge in [-0.15, -0.1) is 0 Å². The summed E-state index contributed by atoms with van der Waals surface area (Å²) < 4.78 is 0. The van der Waals surface area contributed by atoms with Crippen LogP contribution in [0.5, 0.6) is 0 Å². The van der Waals surface area contributed by atoms with Crippen molar-refractivity contribution >= 4 is 45.5 Å². The number of hydrogen-bond acceptors (Lipinski definition) is 3. The lowest BCUT2D eigenvalue weighted by atomic mass is 9.98. The van der Waals surface area contributed by atoms with Crippen LogP contribution in [0.3, 0.4) is 0 Å². The van der Waals surface area contributed by atoms with Crippen molar-refractivity contribution in [2.45, 2.75) is 26.3 Å². The van der Waals surface area contributed by atoms with E-state index in [2.05, 4.69) is 66.6 Å². The second kappa shape index (κ2) is 7.49. The van der Waals surface area contributed by atoms with Crippen molar-refractivity contribution in [3.63, 3.8) is 0 Å². The van der Waals surface area contributed by atoms with Gasteiger partial charge in [0.25, 0.3) is 0 Å². The maximum absolute atomic E-state index is 6.61. The Kier molecular flexibility index (Phi) is 5.04. The lowest BCUT2D eigenvalue weighted by Gasteiger charge is -2.24. The molecule has 0 amide bonds. The number of hydrogen-bond donors (Lipinski definition) is 1. The molecule has 1 N–H and O–H groups in total. The number of nitrogens with one attached hydrogen (secondary N) is 1. The van der Waals surface area contributed by atoms with E-state index in [0.29, 0.717) is 16.7 Å². The van der Waals surface area contributed by atoms with Crippen LogP contribution in [-0.2, 0) is 0 Å². The van der Waals surface area contributed by atoms with Crippen molar-refractivity contribution < 1.29 is 0 Å². The Labute approximate surface area is 175 Å². The van der Waals surface area contributed by atoms with Gasteiger partial charge in [0, 0.05) is 24.4 Å². The second-order valence-electron chi connectivity index (χ2n) is 7.10. The zero-order chi connectivity index (χ0) is 19.8. The molecule has 142 valence electrons. The third-order valence-corrected chi connectivity index (χ3v) is 5.72. The highest BCUT2D eigenvalue weighted by molar-refractivity contribution is 7.80. The molecule has 0 saturated heterocycles. The van der Waals surface area contributed by atoms with E-state index in [9.17, 15) is 0 Å². The van der Waals surface area contributed by atoms with Gasteiger partial charge in [-0.2, -0.15) is 5.10 Å². The minimum Gasteiger partial charge on any atom is -0.364 e. The standard InChI is InChI=1S/C22H21ClN4S/c1-13-4-7-15(8-5-13)19-12-20(27(26-19)22(28)24-3)17-11-16-9-6-14(2)10-18(16)25-21(17)23/h4-11,20H,12H2,1-3H3,(H,24,28)/t20-/m0/s1. The summed E-state index contributed by atoms with van der Waals surface area (Å²) in [6.45, 7) is 4.13. The third kappa shape index (κ3) is 3.48. The fraction of sp³-hybridized carbons (Fsp3) is 0.227. The predicted molar refractivity (Wildman–Crippen MR) is 120 cm³/mol. The van der Waals surface area contributed by atoms with E-state index >= 15 is 0 Å². The van der Waals surface area contributed by atoms with Crippen LogP contribution in [0.4, 0.5) is 0 Å². The molecule has 1 aliphatic heterocycles. The molecule has 0 radical (unpaired) electrons. The highest BCUT2D eigenvalue weighted by Gasteiger charge is 2.33. The molecule has 3 aromatic rings. The fourth-order valence-corrected chi connectivity index (χ4v) is 3.92. The normalized spacial score (nSPS) is 16.4. The summed E-state index contributed by atoms with van der Waals surface area (Å²) in [6.07, 6.45) is 0.712. The molecule has 0 bridgehead atoms. The highest BCUT2D eigenvalue weighted by Crippen LogP contribution is 2.37. The minimum atomic E-state index is -0.0954. The van der Waals surface area contributed by atoms with Crippen molar-refractivity contribution in [2.75, 3.05) is 7.05 Å². The van der Waals surface area contributed by atoms with Gasteiger partial charge in [0.15, 0.2) is 5.11 Å². The molecule has 0 spiro atoms. The maximum atomic E-state index is 6.61. The molecule has 6 heteroatoms. The average molecular weight is 409 g/mol. The van der Waals surface area contributed by atoms with Crippen LogP contribution in [0.2, 0.25) is 5.15 Å². The summed E-state index contributed by atoms with van der Waals surface area (Å²) in [7, 11) is 1.81. The third-order valence-electron chi connectivity index (χ3n) is 5.03. The van der Waals surface area contributed by atoms with Crippen LogP contribution in [0.1, 0.15) is 34.7 Å². The van der Waals surface area contributed by atoms with E-state index in [1.54, 1.807) is 0 Å². The molecular formula is C22H21ClN4S. The first-order valence-corrected chi connectivity index (χ1v) is 9.97. The van der Waals surface area contributed by atoms with Gasteiger partial charge in [-0.05, 0) is 49.3 Å². The number of halogens is 1. The van der Waals surface area contributed by atoms with Gasteiger partial charge in [0.05, 0.1) is 17.3 Å². The summed E-state index contributed by atoms with van der Waals surface area (Å²) in [5.74, 6) is 0. The Morgan fingerprint density at radius 2 is 1.82 bits per heavy atom. The second-order valence-corrected chi connectivity index (χ2v) is 7.84. The number of fused-ring (bicyclic) bond motifs is 1. The maximum Gasteiger partial charge on any atom is 0.189 e. The van der Waals surface area contributed by atoms with Crippen LogP contribution in [0, 0.1) is 13.8 Å². The van der Waals surface area contributed by atoms with Crippen molar-refractivity contribution in [2.24, 2.45) is 5.10 Å². The quantitative estimate of drug-likeness (QED) is 0.469. The molecule has 4 rings (SSSR count). The SMILES string of the molecule is CNC(=S)N1N=C(c2ccc(C)cc2)C[C@H]1c1cc2ccc(C)cc2nc1Cl. The number of thiocarbonyl (C=S) groups is 1. The zero-order valence-electron chi connectivity index (χ0n) is 16.0. The Morgan fingerprint density at radius 1 is 1.11 bits per heavy atom. The van der Waals surface area contributed by atoms with E-state index in [-0.39, 0.29) is 6.04 Å². The van der Waals surface area contributed by atoms with E-state index in [1.807, 2.05) is 18.1 Å². The summed E-state index contributed by atoms with van der Waals surface area (Å²) in [4.78, 5) is 4.63. The summed E-state index contributed by atoms with van der Waals surface area (Å²) in [6, 6.07) is 16.6. The van der Waals surface area contributed by atoms with Crippen molar-refractivity contribution in [1.29, 1.82) is 0 Å². The zero-order valence-corrected chi connectivity index (χ0v) is 17.6. The topological polar surface area (TPSA) is 40.5 Å². The van der Waals surface area contributed by atoms with Crippen LogP contribution in [0.15, 0.2) is 53.6 Å². The number of aryl methyl sites for hydroxylation is 2. The van der Waals surface area contributed by atoms with Gasteiger partial charge >= 0.3 is 0 Å². The Morgan fingerprint density at radius 3 is 2.54 bits per heavy atom. The Balaban J connectivity index is 1.76. The molecule has 1 atom stereocenters. The minimum absolute atomic E-state index is 0.0954. The van der Waals surface area contributed by atoms with Gasteiger partial charge in [0.2, 0.25) is 0 Å². The highest BCUT2D eigenvalue weighted by atomic mass is 35.5. The average Bonchev–Trinajstić information content (AvgIpc) is 3.12. The summed E-state index contributed by atoms with van der Waals surface area (Å²) in [5.41, 5.74) is 6.29. The monoisotopic (exact) mass is 408 g/mol. The Bertz CT molecular complexity index is 1090. The Hall–Kier alpha value is -2.50. The number of rotatable bonds is 2. The van der Waals surface area contributed by atoms with Crippen LogP contribution < -0.4 is 5.32 Å². The number of aromatic nitrogens is 1. The van der Waals surface area contributed by atoms with E-state index in [0.717, 1.165) is 33.3 Å². The van der Waals surface area contributed by atoms with Gasteiger partial charge in [-0.3, -0.25) is 0 Å². The van der Waals surface area contributed by atoms with Gasteiger partial charge in [0.1, 0.15) is 5.15 Å². The van der Waals surface area contributed by atoms with E-state index in [4.69, 9.17) is 28.9 Å². The lowest BCUT2D eigenvalue weighted by molar-refractivity contribution is 0.366. The van der Waals surface area contributed by atoms with E-state index in [1.165, 1.54) is 5.56 Å². The van der Waals surface area contributed by atoms with Gasteiger partial charge in [-0.25, -0.2) is 9.99 Å². The van der Waals surface area contributed by atoms with Crippen LogP contribution in [0.25, 0.3) is 10.9 Å². The summed E-state index contributed by atoms with van der Waals surface area (Å²) >= 11 is 12.1. The first-order chi connectivity index (χ1) is 13.5. The molecule has 0 unspecified atom stereocenters. The predicted octanol–water partition coefficient (Wildman–Crippen LogP) is 5.16. The lowest BCUT2D eigenvalue weighted by Crippen LogP contribution is -2.34. The number of pyridine rings is 1. The molecule has 2 aromatic carbocycles. The largest absolute Gasteiger partial charge is 0.364 e. The number of benzene rings is 2. The van der Waals surface area contributed by atoms with Crippen LogP contribution >= 0.6 is 23.8 Å². The number of hydrazone groups is 1. The van der Waals surface area contributed by atoms with Gasteiger partial charge < -0.3 is 5.32 Å². The first kappa shape index (κ1) is 18.8.